The van der Waals surface area contributed by atoms with Crippen molar-refractivity contribution in [1.29, 1.82) is 0 Å². The van der Waals surface area contributed by atoms with Gasteiger partial charge in [-0.3, -0.25) is 0 Å². The predicted molar refractivity (Wildman–Crippen MR) is 61.6 cm³/mol. The van der Waals surface area contributed by atoms with Gasteiger partial charge in [0.15, 0.2) is 0 Å². The molecule has 0 saturated heterocycles. The van der Waals surface area contributed by atoms with Gasteiger partial charge in [0.05, 0.1) is 13.2 Å². The summed E-state index contributed by atoms with van der Waals surface area (Å²) >= 11 is 6.01. The monoisotopic (exact) mass is 216 g/mol. The summed E-state index contributed by atoms with van der Waals surface area (Å²) in [5, 5.41) is 2.08. The fourth-order valence-corrected chi connectivity index (χ4v) is 2.02. The fraction of sp³-hybridized carbons (Fsp3) is 0.600. The summed E-state index contributed by atoms with van der Waals surface area (Å²) in [5.41, 5.74) is 0. The molecule has 0 aliphatic carbocycles. The van der Waals surface area contributed by atoms with Crippen LogP contribution in [0.3, 0.4) is 0 Å². The number of thiol groups is 1. The van der Waals surface area contributed by atoms with Crippen LogP contribution in [0, 0.1) is 5.92 Å². The Hall–Kier alpha value is 0.01000. The third kappa shape index (κ3) is 4.16. The molecule has 1 heterocycles. The van der Waals surface area contributed by atoms with Crippen LogP contribution in [-0.2, 0) is 11.3 Å². The van der Waals surface area contributed by atoms with Crippen molar-refractivity contribution < 1.29 is 4.74 Å². The zero-order chi connectivity index (χ0) is 9.52. The van der Waals surface area contributed by atoms with Crippen LogP contribution in [0.25, 0.3) is 0 Å². The van der Waals surface area contributed by atoms with Crippen LogP contribution in [0.1, 0.15) is 18.2 Å². The molecular formula is C10H16OS2. The second kappa shape index (κ2) is 6.46. The van der Waals surface area contributed by atoms with Gasteiger partial charge in [0, 0.05) is 4.88 Å². The molecule has 1 atom stereocenters. The Labute approximate surface area is 89.5 Å². The van der Waals surface area contributed by atoms with Crippen LogP contribution < -0.4 is 0 Å². The van der Waals surface area contributed by atoms with Crippen LogP contribution >= 0.6 is 24.0 Å². The van der Waals surface area contributed by atoms with Crippen LogP contribution in [0.4, 0.5) is 0 Å². The van der Waals surface area contributed by atoms with Gasteiger partial charge in [0.2, 0.25) is 0 Å². The number of rotatable bonds is 6. The van der Waals surface area contributed by atoms with Gasteiger partial charge in [-0.05, 0) is 23.1 Å². The predicted octanol–water partition coefficient (Wildman–Crippen LogP) is 3.22. The van der Waals surface area contributed by atoms with E-state index in [1.54, 1.807) is 11.3 Å². The molecule has 3 heteroatoms. The summed E-state index contributed by atoms with van der Waals surface area (Å²) in [6.45, 7) is 3.76. The van der Waals surface area contributed by atoms with Crippen molar-refractivity contribution in [1.82, 2.24) is 0 Å². The second-order valence-electron chi connectivity index (χ2n) is 3.05. The first-order valence-corrected chi connectivity index (χ1v) is 6.09. The first kappa shape index (κ1) is 11.1. The van der Waals surface area contributed by atoms with E-state index in [0.717, 1.165) is 25.4 Å². The molecule has 0 amide bonds. The maximum atomic E-state index is 5.58. The van der Waals surface area contributed by atoms with E-state index < -0.39 is 0 Å². The largest absolute Gasteiger partial charge is 0.376 e. The first-order valence-electron chi connectivity index (χ1n) is 4.57. The van der Waals surface area contributed by atoms with E-state index in [9.17, 15) is 0 Å². The standard InChI is InChI=1S/C10H16OS2/c1-2-9(8-12)6-11-7-10-4-3-5-13-10/h3-5,9,12H,2,6-8H2,1H3. The Balaban J connectivity index is 2.13. The Bertz CT molecular complexity index is 205. The SMILES string of the molecule is CCC(CS)COCc1cccs1. The number of ether oxygens (including phenoxy) is 1. The maximum absolute atomic E-state index is 5.58. The summed E-state index contributed by atoms with van der Waals surface area (Å²) in [5.74, 6) is 1.52. The zero-order valence-electron chi connectivity index (χ0n) is 7.90. The van der Waals surface area contributed by atoms with E-state index in [-0.39, 0.29) is 0 Å². The maximum Gasteiger partial charge on any atom is 0.0809 e. The Kier molecular flexibility index (Phi) is 5.51. The third-order valence-corrected chi connectivity index (χ3v) is 3.38. The van der Waals surface area contributed by atoms with E-state index >= 15 is 0 Å². The van der Waals surface area contributed by atoms with Crippen LogP contribution in [0.2, 0.25) is 0 Å². The van der Waals surface area contributed by atoms with Gasteiger partial charge in [0.25, 0.3) is 0 Å². The minimum Gasteiger partial charge on any atom is -0.376 e. The molecule has 0 bridgehead atoms. The van der Waals surface area contributed by atoms with Crippen molar-refractivity contribution in [3.63, 3.8) is 0 Å². The fourth-order valence-electron chi connectivity index (χ4n) is 1.02. The molecule has 0 saturated carbocycles. The van der Waals surface area contributed by atoms with Crippen LogP contribution in [0.15, 0.2) is 17.5 Å². The lowest BCUT2D eigenvalue weighted by atomic mass is 10.1. The van der Waals surface area contributed by atoms with Crippen molar-refractivity contribution in [2.75, 3.05) is 12.4 Å². The van der Waals surface area contributed by atoms with Gasteiger partial charge < -0.3 is 4.74 Å². The van der Waals surface area contributed by atoms with Crippen molar-refractivity contribution in [2.45, 2.75) is 20.0 Å². The molecule has 1 nitrogen and oxygen atoms in total. The second-order valence-corrected chi connectivity index (χ2v) is 4.45. The Morgan fingerprint density at radius 3 is 3.00 bits per heavy atom. The third-order valence-electron chi connectivity index (χ3n) is 2.01. The molecule has 1 unspecified atom stereocenters. The quantitative estimate of drug-likeness (QED) is 0.718. The van der Waals surface area contributed by atoms with Gasteiger partial charge in [0.1, 0.15) is 0 Å². The average Bonchev–Trinajstić information content (AvgIpc) is 2.65. The minimum absolute atomic E-state index is 0.600. The molecule has 0 spiro atoms. The topological polar surface area (TPSA) is 9.23 Å². The molecule has 0 aliphatic heterocycles. The Morgan fingerprint density at radius 2 is 2.46 bits per heavy atom. The molecule has 1 rings (SSSR count). The number of hydrogen-bond donors (Lipinski definition) is 1. The molecule has 0 N–H and O–H groups in total. The highest BCUT2D eigenvalue weighted by atomic mass is 32.1. The van der Waals surface area contributed by atoms with Crippen molar-refractivity contribution in [3.8, 4) is 0 Å². The van der Waals surface area contributed by atoms with E-state index in [1.807, 2.05) is 0 Å². The summed E-state index contributed by atoms with van der Waals surface area (Å²) in [6, 6.07) is 4.16. The number of hydrogen-bond acceptors (Lipinski definition) is 3. The van der Waals surface area contributed by atoms with E-state index in [1.165, 1.54) is 4.88 Å². The zero-order valence-corrected chi connectivity index (χ0v) is 9.61. The molecule has 0 aromatic carbocycles. The average molecular weight is 216 g/mol. The minimum atomic E-state index is 0.600. The molecule has 74 valence electrons. The highest BCUT2D eigenvalue weighted by molar-refractivity contribution is 7.80. The Morgan fingerprint density at radius 1 is 1.62 bits per heavy atom. The molecule has 1 aromatic heterocycles. The van der Waals surface area contributed by atoms with Gasteiger partial charge in [-0.1, -0.05) is 19.4 Å². The van der Waals surface area contributed by atoms with Crippen LogP contribution in [-0.4, -0.2) is 12.4 Å². The normalized spacial score (nSPS) is 13.1. The molecule has 13 heavy (non-hydrogen) atoms. The van der Waals surface area contributed by atoms with E-state index in [4.69, 9.17) is 4.74 Å². The first-order chi connectivity index (χ1) is 6.36. The highest BCUT2D eigenvalue weighted by Crippen LogP contribution is 2.11. The summed E-state index contributed by atoms with van der Waals surface area (Å²) in [4.78, 5) is 1.30. The highest BCUT2D eigenvalue weighted by Gasteiger charge is 2.03. The molecule has 0 aliphatic rings. The summed E-state index contributed by atoms with van der Waals surface area (Å²) in [6.07, 6.45) is 1.15. The van der Waals surface area contributed by atoms with Crippen molar-refractivity contribution in [2.24, 2.45) is 5.92 Å². The van der Waals surface area contributed by atoms with E-state index in [2.05, 4.69) is 37.1 Å². The van der Waals surface area contributed by atoms with Gasteiger partial charge in [-0.25, -0.2) is 0 Å². The molecule has 0 radical (unpaired) electrons. The van der Waals surface area contributed by atoms with Crippen molar-refractivity contribution >= 4 is 24.0 Å². The van der Waals surface area contributed by atoms with E-state index in [0.29, 0.717) is 5.92 Å². The van der Waals surface area contributed by atoms with Crippen LogP contribution in [0.5, 0.6) is 0 Å². The lowest BCUT2D eigenvalue weighted by molar-refractivity contribution is 0.0942. The lowest BCUT2D eigenvalue weighted by Gasteiger charge is -2.11. The summed E-state index contributed by atoms with van der Waals surface area (Å²) < 4.78 is 5.58. The number of thiophene rings is 1. The molecule has 1 aromatic rings. The van der Waals surface area contributed by atoms with Crippen molar-refractivity contribution in [3.05, 3.63) is 22.4 Å². The van der Waals surface area contributed by atoms with Gasteiger partial charge in [-0.15, -0.1) is 11.3 Å². The lowest BCUT2D eigenvalue weighted by Crippen LogP contribution is -2.09. The smallest absolute Gasteiger partial charge is 0.0809 e. The summed E-state index contributed by atoms with van der Waals surface area (Å²) in [7, 11) is 0. The molecular weight excluding hydrogens is 200 g/mol. The van der Waals surface area contributed by atoms with Gasteiger partial charge >= 0.3 is 0 Å². The van der Waals surface area contributed by atoms with Gasteiger partial charge in [-0.2, -0.15) is 12.6 Å². The molecule has 0 fully saturated rings.